The van der Waals surface area contributed by atoms with Gasteiger partial charge in [-0.2, -0.15) is 0 Å². The van der Waals surface area contributed by atoms with Crippen molar-refractivity contribution in [3.8, 4) is 0 Å². The molecule has 1 saturated carbocycles. The second-order valence-corrected chi connectivity index (χ2v) is 5.92. The second kappa shape index (κ2) is 4.89. The van der Waals surface area contributed by atoms with Gasteiger partial charge in [0, 0.05) is 5.92 Å². The minimum absolute atomic E-state index is 0.0152. The highest BCUT2D eigenvalue weighted by Crippen LogP contribution is 2.58. The Kier molecular flexibility index (Phi) is 3.37. The quantitative estimate of drug-likeness (QED) is 0.821. The van der Waals surface area contributed by atoms with Crippen molar-refractivity contribution in [3.63, 3.8) is 0 Å². The van der Waals surface area contributed by atoms with Gasteiger partial charge in [0.1, 0.15) is 11.3 Å². The van der Waals surface area contributed by atoms with Gasteiger partial charge < -0.3 is 10.6 Å². The molecule has 1 atom stereocenters. The van der Waals surface area contributed by atoms with E-state index in [-0.39, 0.29) is 27.4 Å². The van der Waals surface area contributed by atoms with E-state index in [1.807, 2.05) is 0 Å². The summed E-state index contributed by atoms with van der Waals surface area (Å²) in [4.78, 5) is 19.9. The van der Waals surface area contributed by atoms with Crippen LogP contribution in [0.25, 0.3) is 0 Å². The lowest BCUT2D eigenvalue weighted by molar-refractivity contribution is -0.118. The van der Waals surface area contributed by atoms with E-state index in [0.29, 0.717) is 5.82 Å². The molecule has 2 fully saturated rings. The summed E-state index contributed by atoms with van der Waals surface area (Å²) in [7, 11) is 0. The summed E-state index contributed by atoms with van der Waals surface area (Å²) in [5.41, 5.74) is 0.193. The Balaban J connectivity index is 1.68. The first kappa shape index (κ1) is 13.1. The SMILES string of the molecule is O=C(Nc1ncnc(Cl)c1Cl)C1CC12CCNCC2. The molecule has 1 aromatic heterocycles. The molecule has 7 heteroatoms. The van der Waals surface area contributed by atoms with E-state index >= 15 is 0 Å². The average Bonchev–Trinajstić information content (AvgIpc) is 3.09. The zero-order valence-electron chi connectivity index (χ0n) is 10.2. The summed E-state index contributed by atoms with van der Waals surface area (Å²) in [6.07, 6.45) is 4.36. The maximum Gasteiger partial charge on any atom is 0.229 e. The summed E-state index contributed by atoms with van der Waals surface area (Å²) >= 11 is 11.8. The predicted molar refractivity (Wildman–Crippen MR) is 73.3 cm³/mol. The van der Waals surface area contributed by atoms with Gasteiger partial charge in [0.25, 0.3) is 0 Å². The number of halogens is 2. The third-order valence-electron chi connectivity index (χ3n) is 4.09. The molecule has 102 valence electrons. The molecule has 0 radical (unpaired) electrons. The summed E-state index contributed by atoms with van der Waals surface area (Å²) in [5.74, 6) is 0.348. The van der Waals surface area contributed by atoms with E-state index in [4.69, 9.17) is 23.2 Å². The number of anilines is 1. The van der Waals surface area contributed by atoms with Gasteiger partial charge in [-0.05, 0) is 37.8 Å². The van der Waals surface area contributed by atoms with Crippen molar-refractivity contribution >= 4 is 34.9 Å². The first-order valence-corrected chi connectivity index (χ1v) is 7.05. The number of piperidine rings is 1. The molecule has 2 aliphatic rings. The van der Waals surface area contributed by atoms with Crippen LogP contribution in [0.15, 0.2) is 6.33 Å². The van der Waals surface area contributed by atoms with Gasteiger partial charge >= 0.3 is 0 Å². The Morgan fingerprint density at radius 2 is 2.11 bits per heavy atom. The number of hydrogen-bond donors (Lipinski definition) is 2. The van der Waals surface area contributed by atoms with Gasteiger partial charge in [-0.3, -0.25) is 4.79 Å². The zero-order valence-corrected chi connectivity index (χ0v) is 11.8. The summed E-state index contributed by atoms with van der Waals surface area (Å²) in [5, 5.41) is 6.42. The fourth-order valence-corrected chi connectivity index (χ4v) is 3.11. The average molecular weight is 301 g/mol. The molecular formula is C12H14Cl2N4O. The number of hydrogen-bond acceptors (Lipinski definition) is 4. The molecule has 0 aromatic carbocycles. The summed E-state index contributed by atoms with van der Waals surface area (Å²) in [6, 6.07) is 0. The van der Waals surface area contributed by atoms with Crippen molar-refractivity contribution in [2.45, 2.75) is 19.3 Å². The lowest BCUT2D eigenvalue weighted by atomic mass is 9.92. The Morgan fingerprint density at radius 1 is 1.37 bits per heavy atom. The monoisotopic (exact) mass is 300 g/mol. The third kappa shape index (κ3) is 2.42. The molecule has 0 bridgehead atoms. The Bertz CT molecular complexity index is 516. The van der Waals surface area contributed by atoms with E-state index in [1.54, 1.807) is 0 Å². The van der Waals surface area contributed by atoms with Crippen LogP contribution in [0.4, 0.5) is 5.82 Å². The highest BCUT2D eigenvalue weighted by Gasteiger charge is 2.57. The minimum atomic E-state index is -0.0152. The van der Waals surface area contributed by atoms with Gasteiger partial charge in [-0.1, -0.05) is 23.2 Å². The number of carbonyl (C=O) groups is 1. The first-order valence-electron chi connectivity index (χ1n) is 6.30. The fourth-order valence-electron chi connectivity index (χ4n) is 2.83. The van der Waals surface area contributed by atoms with Crippen LogP contribution in [-0.2, 0) is 4.79 Å². The van der Waals surface area contributed by atoms with Crippen molar-refractivity contribution in [3.05, 3.63) is 16.5 Å². The lowest BCUT2D eigenvalue weighted by Crippen LogP contribution is -2.31. The first-order chi connectivity index (χ1) is 9.12. The Labute approximate surface area is 121 Å². The van der Waals surface area contributed by atoms with Crippen molar-refractivity contribution < 1.29 is 4.79 Å². The van der Waals surface area contributed by atoms with E-state index in [9.17, 15) is 4.79 Å². The van der Waals surface area contributed by atoms with Gasteiger partial charge in [-0.25, -0.2) is 9.97 Å². The number of nitrogens with one attached hydrogen (secondary N) is 2. The topological polar surface area (TPSA) is 66.9 Å². The number of aromatic nitrogens is 2. The van der Waals surface area contributed by atoms with E-state index in [2.05, 4.69) is 20.6 Å². The van der Waals surface area contributed by atoms with Crippen LogP contribution >= 0.6 is 23.2 Å². The minimum Gasteiger partial charge on any atom is -0.317 e. The van der Waals surface area contributed by atoms with E-state index in [1.165, 1.54) is 6.33 Å². The van der Waals surface area contributed by atoms with Crippen LogP contribution in [0.2, 0.25) is 10.2 Å². The normalized spacial score (nSPS) is 24.2. The Morgan fingerprint density at radius 3 is 2.84 bits per heavy atom. The van der Waals surface area contributed by atoms with Crippen LogP contribution in [0.3, 0.4) is 0 Å². The molecule has 19 heavy (non-hydrogen) atoms. The van der Waals surface area contributed by atoms with Crippen LogP contribution < -0.4 is 10.6 Å². The molecule has 1 aliphatic carbocycles. The van der Waals surface area contributed by atoms with Crippen molar-refractivity contribution in [2.24, 2.45) is 11.3 Å². The smallest absolute Gasteiger partial charge is 0.229 e. The van der Waals surface area contributed by atoms with E-state index in [0.717, 1.165) is 32.4 Å². The largest absolute Gasteiger partial charge is 0.317 e. The van der Waals surface area contributed by atoms with Crippen molar-refractivity contribution in [1.29, 1.82) is 0 Å². The molecule has 1 aromatic rings. The van der Waals surface area contributed by atoms with Crippen LogP contribution in [0, 0.1) is 11.3 Å². The molecule has 3 rings (SSSR count). The molecular weight excluding hydrogens is 287 g/mol. The molecule has 1 aliphatic heterocycles. The fraction of sp³-hybridized carbons (Fsp3) is 0.583. The molecule has 1 saturated heterocycles. The van der Waals surface area contributed by atoms with Crippen LogP contribution in [0.5, 0.6) is 0 Å². The molecule has 1 spiro atoms. The van der Waals surface area contributed by atoms with Gasteiger partial charge in [0.05, 0.1) is 0 Å². The lowest BCUT2D eigenvalue weighted by Gasteiger charge is -2.23. The van der Waals surface area contributed by atoms with Crippen LogP contribution in [0.1, 0.15) is 19.3 Å². The molecule has 2 N–H and O–H groups in total. The standard InChI is InChI=1S/C12H14Cl2N4O/c13-8-9(14)16-6-17-10(8)18-11(19)7-5-12(7)1-3-15-4-2-12/h6-7,15H,1-5H2,(H,16,17,18,19). The maximum atomic E-state index is 12.2. The summed E-state index contributed by atoms with van der Waals surface area (Å²) < 4.78 is 0. The van der Waals surface area contributed by atoms with Crippen molar-refractivity contribution in [2.75, 3.05) is 18.4 Å². The van der Waals surface area contributed by atoms with E-state index < -0.39 is 0 Å². The third-order valence-corrected chi connectivity index (χ3v) is 4.84. The van der Waals surface area contributed by atoms with Gasteiger partial charge in [0.15, 0.2) is 11.0 Å². The van der Waals surface area contributed by atoms with Gasteiger partial charge in [-0.15, -0.1) is 0 Å². The highest BCUT2D eigenvalue weighted by atomic mass is 35.5. The highest BCUT2D eigenvalue weighted by molar-refractivity contribution is 6.42. The molecule has 1 amide bonds. The second-order valence-electron chi connectivity index (χ2n) is 5.19. The maximum absolute atomic E-state index is 12.2. The predicted octanol–water partition coefficient (Wildman–Crippen LogP) is 2.11. The number of carbonyl (C=O) groups excluding carboxylic acids is 1. The zero-order chi connectivity index (χ0) is 13.5. The molecule has 1 unspecified atom stereocenters. The van der Waals surface area contributed by atoms with Crippen molar-refractivity contribution in [1.82, 2.24) is 15.3 Å². The number of nitrogens with zero attached hydrogens (tertiary/aromatic N) is 2. The number of amides is 1. The number of rotatable bonds is 2. The summed E-state index contributed by atoms with van der Waals surface area (Å²) in [6.45, 7) is 1.98. The van der Waals surface area contributed by atoms with Gasteiger partial charge in [0.2, 0.25) is 5.91 Å². The van der Waals surface area contributed by atoms with Crippen LogP contribution in [-0.4, -0.2) is 29.0 Å². The molecule has 5 nitrogen and oxygen atoms in total. The molecule has 2 heterocycles. The Hall–Kier alpha value is -0.910.